The fraction of sp³-hybridized carbons (Fsp3) is 0.273. The highest BCUT2D eigenvalue weighted by molar-refractivity contribution is 5.81. The van der Waals surface area contributed by atoms with Gasteiger partial charge in [0.25, 0.3) is 0 Å². The van der Waals surface area contributed by atoms with Crippen LogP contribution in [0.4, 0.5) is 4.39 Å². The number of rotatable bonds is 5. The number of halogens is 1. The third-order valence-electron chi connectivity index (χ3n) is 4.74. The van der Waals surface area contributed by atoms with E-state index in [1.54, 1.807) is 30.8 Å². The first-order valence-corrected chi connectivity index (χ1v) is 9.41. The zero-order valence-electron chi connectivity index (χ0n) is 16.6. The van der Waals surface area contributed by atoms with E-state index < -0.39 is 5.67 Å². The zero-order chi connectivity index (χ0) is 20.6. The molecule has 4 aromatic rings. The highest BCUT2D eigenvalue weighted by atomic mass is 19.1. The topological polar surface area (TPSA) is 71.8 Å². The molecule has 29 heavy (non-hydrogen) atoms. The maximum atomic E-state index is 13.8. The van der Waals surface area contributed by atoms with Crippen molar-refractivity contribution in [2.45, 2.75) is 39.4 Å². The summed E-state index contributed by atoms with van der Waals surface area (Å²) in [5.41, 5.74) is 4.13. The maximum absolute atomic E-state index is 13.8. The Hall–Kier alpha value is -3.53. The molecule has 0 aliphatic rings. The lowest BCUT2D eigenvalue weighted by atomic mass is 10.0. The summed E-state index contributed by atoms with van der Waals surface area (Å²) >= 11 is 0. The Morgan fingerprint density at radius 1 is 1.14 bits per heavy atom. The summed E-state index contributed by atoms with van der Waals surface area (Å²) in [5.74, 6) is 0. The van der Waals surface area contributed by atoms with Crippen molar-refractivity contribution in [3.8, 4) is 28.5 Å². The molecule has 4 aromatic heterocycles. The Bertz CT molecular complexity index is 1220. The van der Waals surface area contributed by atoms with Gasteiger partial charge in [-0.25, -0.2) is 14.4 Å². The van der Waals surface area contributed by atoms with E-state index in [0.29, 0.717) is 24.4 Å². The van der Waals surface area contributed by atoms with E-state index in [1.807, 2.05) is 48.1 Å². The van der Waals surface area contributed by atoms with Gasteiger partial charge in [-0.05, 0) is 45.0 Å². The molecule has 0 spiro atoms. The lowest BCUT2D eigenvalue weighted by Gasteiger charge is -2.13. The number of hydrogen-bond acceptors (Lipinski definition) is 4. The smallest absolute Gasteiger partial charge is 0.141 e. The third-order valence-corrected chi connectivity index (χ3v) is 4.74. The molecule has 0 N–H and O–H groups in total. The summed E-state index contributed by atoms with van der Waals surface area (Å²) in [6, 6.07) is 9.59. The minimum Gasteiger partial charge on any atom is -0.307 e. The average Bonchev–Trinajstić information content (AvgIpc) is 3.30. The first kappa shape index (κ1) is 18.8. The summed E-state index contributed by atoms with van der Waals surface area (Å²) < 4.78 is 17.5. The van der Waals surface area contributed by atoms with Crippen LogP contribution in [-0.4, -0.2) is 29.8 Å². The fourth-order valence-electron chi connectivity index (χ4n) is 3.24. The van der Waals surface area contributed by atoms with E-state index in [4.69, 9.17) is 0 Å². The Balaban J connectivity index is 1.76. The van der Waals surface area contributed by atoms with E-state index >= 15 is 0 Å². The standard InChI is InChI=1S/C22H21FN6/c1-15-13-28-8-6-16(10-20(28)26-15)21-19(5-4-18(11-24)27-21)17-12-25-29(14-17)9-7-22(2,3)23/h4-6,8,10,12-14H,7,9H2,1-3H3. The molecule has 7 heteroatoms. The van der Waals surface area contributed by atoms with Crippen LogP contribution in [0.3, 0.4) is 0 Å². The average molecular weight is 388 g/mol. The number of pyridine rings is 2. The van der Waals surface area contributed by atoms with Crippen LogP contribution in [0.1, 0.15) is 31.7 Å². The zero-order valence-corrected chi connectivity index (χ0v) is 16.6. The van der Waals surface area contributed by atoms with Crippen molar-refractivity contribution >= 4 is 5.65 Å². The maximum Gasteiger partial charge on any atom is 0.141 e. The molecule has 146 valence electrons. The largest absolute Gasteiger partial charge is 0.307 e. The van der Waals surface area contributed by atoms with Gasteiger partial charge in [0.05, 0.1) is 17.6 Å². The van der Waals surface area contributed by atoms with Gasteiger partial charge < -0.3 is 4.40 Å². The number of imidazole rings is 1. The third kappa shape index (κ3) is 4.02. The first-order valence-electron chi connectivity index (χ1n) is 9.41. The lowest BCUT2D eigenvalue weighted by Crippen LogP contribution is -2.15. The molecular weight excluding hydrogens is 367 g/mol. The predicted molar refractivity (Wildman–Crippen MR) is 109 cm³/mol. The summed E-state index contributed by atoms with van der Waals surface area (Å²) in [7, 11) is 0. The van der Waals surface area contributed by atoms with Gasteiger partial charge in [-0.15, -0.1) is 0 Å². The molecule has 0 bridgehead atoms. The van der Waals surface area contributed by atoms with Gasteiger partial charge in [-0.3, -0.25) is 4.68 Å². The number of hydrogen-bond donors (Lipinski definition) is 0. The number of nitriles is 1. The number of aromatic nitrogens is 5. The second-order valence-corrected chi connectivity index (χ2v) is 7.73. The van der Waals surface area contributed by atoms with Gasteiger partial charge in [-0.2, -0.15) is 10.4 Å². The summed E-state index contributed by atoms with van der Waals surface area (Å²) in [6.45, 7) is 5.56. The van der Waals surface area contributed by atoms with Gasteiger partial charge in [0, 0.05) is 48.2 Å². The van der Waals surface area contributed by atoms with Gasteiger partial charge in [0.1, 0.15) is 23.1 Å². The molecule has 0 radical (unpaired) electrons. The van der Waals surface area contributed by atoms with Gasteiger partial charge in [0.15, 0.2) is 0 Å². The van der Waals surface area contributed by atoms with E-state index in [2.05, 4.69) is 21.1 Å². The summed E-state index contributed by atoms with van der Waals surface area (Å²) in [4.78, 5) is 9.06. The van der Waals surface area contributed by atoms with Crippen LogP contribution in [0, 0.1) is 18.3 Å². The SMILES string of the molecule is Cc1cn2ccc(-c3nc(C#N)ccc3-c3cnn(CCC(C)(C)F)c3)cc2n1. The van der Waals surface area contributed by atoms with Crippen LogP contribution < -0.4 is 0 Å². The Kier molecular flexibility index (Phi) is 4.63. The molecule has 6 nitrogen and oxygen atoms in total. The fourth-order valence-corrected chi connectivity index (χ4v) is 3.24. The van der Waals surface area contributed by atoms with Crippen molar-refractivity contribution in [1.82, 2.24) is 24.1 Å². The monoisotopic (exact) mass is 388 g/mol. The van der Waals surface area contributed by atoms with Crippen LogP contribution in [0.25, 0.3) is 28.0 Å². The van der Waals surface area contributed by atoms with E-state index in [9.17, 15) is 9.65 Å². The van der Waals surface area contributed by atoms with Gasteiger partial charge in [-0.1, -0.05) is 0 Å². The minimum absolute atomic E-state index is 0.342. The van der Waals surface area contributed by atoms with Crippen LogP contribution >= 0.6 is 0 Å². The molecule has 0 unspecified atom stereocenters. The number of nitrogens with zero attached hydrogens (tertiary/aromatic N) is 6. The molecule has 4 heterocycles. The van der Waals surface area contributed by atoms with Crippen LogP contribution in [-0.2, 0) is 6.54 Å². The molecule has 0 amide bonds. The molecule has 0 saturated carbocycles. The number of aryl methyl sites for hydroxylation is 2. The number of alkyl halides is 1. The second-order valence-electron chi connectivity index (χ2n) is 7.73. The van der Waals surface area contributed by atoms with Crippen molar-refractivity contribution in [1.29, 1.82) is 5.26 Å². The first-order chi connectivity index (χ1) is 13.8. The second kappa shape index (κ2) is 7.13. The van der Waals surface area contributed by atoms with Gasteiger partial charge in [0.2, 0.25) is 0 Å². The highest BCUT2D eigenvalue weighted by Crippen LogP contribution is 2.31. The number of fused-ring (bicyclic) bond motifs is 1. The molecule has 0 saturated heterocycles. The van der Waals surface area contributed by atoms with Crippen molar-refractivity contribution in [2.24, 2.45) is 0 Å². The highest BCUT2D eigenvalue weighted by Gasteiger charge is 2.17. The van der Waals surface area contributed by atoms with Crippen molar-refractivity contribution < 1.29 is 4.39 Å². The Labute approximate surface area is 168 Å². The van der Waals surface area contributed by atoms with Crippen molar-refractivity contribution in [3.63, 3.8) is 0 Å². The Morgan fingerprint density at radius 3 is 2.72 bits per heavy atom. The van der Waals surface area contributed by atoms with Crippen LogP contribution in [0.2, 0.25) is 0 Å². The molecule has 0 fully saturated rings. The predicted octanol–water partition coefficient (Wildman–Crippen LogP) is 4.58. The Morgan fingerprint density at radius 2 is 1.97 bits per heavy atom. The minimum atomic E-state index is -1.25. The normalized spacial score (nSPS) is 11.7. The molecule has 0 atom stereocenters. The lowest BCUT2D eigenvalue weighted by molar-refractivity contribution is 0.190. The molecule has 0 aliphatic carbocycles. The summed E-state index contributed by atoms with van der Waals surface area (Å²) in [6.07, 6.45) is 7.90. The quantitative estimate of drug-likeness (QED) is 0.502. The molecule has 0 aliphatic heterocycles. The summed E-state index contributed by atoms with van der Waals surface area (Å²) in [5, 5.41) is 13.7. The molecule has 0 aromatic carbocycles. The van der Waals surface area contributed by atoms with E-state index in [0.717, 1.165) is 28.0 Å². The van der Waals surface area contributed by atoms with E-state index in [-0.39, 0.29) is 0 Å². The molecular formula is C22H21FN6. The van der Waals surface area contributed by atoms with Crippen molar-refractivity contribution in [3.05, 3.63) is 60.4 Å². The van der Waals surface area contributed by atoms with Crippen LogP contribution in [0.5, 0.6) is 0 Å². The molecule has 4 rings (SSSR count). The van der Waals surface area contributed by atoms with Crippen molar-refractivity contribution in [2.75, 3.05) is 0 Å². The van der Waals surface area contributed by atoms with Gasteiger partial charge >= 0.3 is 0 Å². The van der Waals surface area contributed by atoms with E-state index in [1.165, 1.54) is 0 Å². The van der Waals surface area contributed by atoms with Crippen LogP contribution in [0.15, 0.2) is 49.1 Å².